The second-order valence-electron chi connectivity index (χ2n) is 6.60. The van der Waals surface area contributed by atoms with Gasteiger partial charge < -0.3 is 9.80 Å². The molecule has 0 N–H and O–H groups in total. The summed E-state index contributed by atoms with van der Waals surface area (Å²) in [5.74, 6) is -0.0371. The van der Waals surface area contributed by atoms with Crippen LogP contribution in [0.3, 0.4) is 0 Å². The third-order valence-corrected chi connectivity index (χ3v) is 4.81. The maximum absolute atomic E-state index is 13.0. The summed E-state index contributed by atoms with van der Waals surface area (Å²) >= 11 is 0. The van der Waals surface area contributed by atoms with E-state index in [1.807, 2.05) is 29.2 Å². The first-order valence-electron chi connectivity index (χ1n) is 8.91. The summed E-state index contributed by atoms with van der Waals surface area (Å²) in [6.07, 6.45) is 1.14. The number of benzene rings is 2. The zero-order chi connectivity index (χ0) is 18.5. The summed E-state index contributed by atoms with van der Waals surface area (Å²) < 4.78 is 13.0. The molecule has 4 nitrogen and oxygen atoms in total. The smallest absolute Gasteiger partial charge is 0.223 e. The molecule has 0 unspecified atom stereocenters. The van der Waals surface area contributed by atoms with Crippen molar-refractivity contribution in [2.45, 2.75) is 19.8 Å². The van der Waals surface area contributed by atoms with E-state index in [1.54, 1.807) is 19.1 Å². The lowest BCUT2D eigenvalue weighted by Crippen LogP contribution is -2.48. The molecule has 0 aromatic heterocycles. The molecule has 136 valence electrons. The van der Waals surface area contributed by atoms with Crippen LogP contribution in [0.5, 0.6) is 0 Å². The molecule has 2 aromatic carbocycles. The molecule has 1 amide bonds. The van der Waals surface area contributed by atoms with Crippen LogP contribution < -0.4 is 4.90 Å². The van der Waals surface area contributed by atoms with Crippen LogP contribution in [0.2, 0.25) is 0 Å². The Morgan fingerprint density at radius 1 is 0.923 bits per heavy atom. The van der Waals surface area contributed by atoms with Crippen molar-refractivity contribution < 1.29 is 14.0 Å². The van der Waals surface area contributed by atoms with Crippen molar-refractivity contribution in [2.75, 3.05) is 31.1 Å². The number of anilines is 1. The number of rotatable bonds is 5. The fourth-order valence-electron chi connectivity index (χ4n) is 3.18. The van der Waals surface area contributed by atoms with Crippen molar-refractivity contribution in [2.24, 2.45) is 0 Å². The van der Waals surface area contributed by atoms with Crippen molar-refractivity contribution in [3.8, 4) is 0 Å². The van der Waals surface area contributed by atoms with E-state index in [1.165, 1.54) is 12.1 Å². The van der Waals surface area contributed by atoms with Crippen LogP contribution in [0.15, 0.2) is 48.5 Å². The molecule has 26 heavy (non-hydrogen) atoms. The summed E-state index contributed by atoms with van der Waals surface area (Å²) in [5.41, 5.74) is 2.74. The van der Waals surface area contributed by atoms with Gasteiger partial charge >= 0.3 is 0 Å². The number of aryl methyl sites for hydroxylation is 1. The van der Waals surface area contributed by atoms with Gasteiger partial charge in [0.15, 0.2) is 5.78 Å². The zero-order valence-corrected chi connectivity index (χ0v) is 15.0. The molecule has 1 saturated heterocycles. The highest BCUT2D eigenvalue weighted by Gasteiger charge is 2.21. The van der Waals surface area contributed by atoms with E-state index in [9.17, 15) is 14.0 Å². The summed E-state index contributed by atoms with van der Waals surface area (Å²) in [7, 11) is 0. The minimum Gasteiger partial charge on any atom is -0.368 e. The highest BCUT2D eigenvalue weighted by atomic mass is 19.1. The number of carbonyl (C=O) groups is 2. The molecular weight excluding hydrogens is 331 g/mol. The van der Waals surface area contributed by atoms with Crippen LogP contribution in [-0.2, 0) is 11.2 Å². The Morgan fingerprint density at radius 3 is 2.12 bits per heavy atom. The van der Waals surface area contributed by atoms with E-state index < -0.39 is 0 Å². The number of amides is 1. The van der Waals surface area contributed by atoms with Gasteiger partial charge in [-0.3, -0.25) is 9.59 Å². The molecular formula is C21H23FN2O2. The lowest BCUT2D eigenvalue weighted by atomic mass is 10.1. The Balaban J connectivity index is 1.47. The Kier molecular flexibility index (Phi) is 5.66. The molecule has 0 bridgehead atoms. The van der Waals surface area contributed by atoms with Crippen molar-refractivity contribution in [3.05, 3.63) is 65.5 Å². The van der Waals surface area contributed by atoms with Gasteiger partial charge in [0.2, 0.25) is 5.91 Å². The van der Waals surface area contributed by atoms with Gasteiger partial charge in [-0.2, -0.15) is 0 Å². The van der Waals surface area contributed by atoms with Crippen LogP contribution >= 0.6 is 0 Å². The van der Waals surface area contributed by atoms with E-state index in [4.69, 9.17) is 0 Å². The number of nitrogens with zero attached hydrogens (tertiary/aromatic N) is 2. The van der Waals surface area contributed by atoms with Crippen LogP contribution in [0, 0.1) is 5.82 Å². The van der Waals surface area contributed by atoms with Gasteiger partial charge in [0.25, 0.3) is 0 Å². The van der Waals surface area contributed by atoms with Gasteiger partial charge in [0, 0.05) is 43.9 Å². The van der Waals surface area contributed by atoms with Gasteiger partial charge in [0.1, 0.15) is 5.82 Å². The monoisotopic (exact) mass is 354 g/mol. The third-order valence-electron chi connectivity index (χ3n) is 4.81. The first-order valence-corrected chi connectivity index (χ1v) is 8.91. The van der Waals surface area contributed by atoms with Gasteiger partial charge in [-0.25, -0.2) is 4.39 Å². The minimum atomic E-state index is -0.237. The number of Topliss-reactive ketones (excluding diaryl/α,β-unsaturated/α-hetero) is 1. The Morgan fingerprint density at radius 2 is 1.54 bits per heavy atom. The standard InChI is InChI=1S/C21H23FN2O2/c1-16(25)18-5-2-17(3-6-18)4-11-21(26)24-14-12-23(13-15-24)20-9-7-19(22)8-10-20/h2-3,5-10H,4,11-15H2,1H3. The summed E-state index contributed by atoms with van der Waals surface area (Å²) in [6, 6.07) is 13.9. The molecule has 0 radical (unpaired) electrons. The highest BCUT2D eigenvalue weighted by Crippen LogP contribution is 2.17. The number of hydrogen-bond acceptors (Lipinski definition) is 3. The molecule has 2 aromatic rings. The van der Waals surface area contributed by atoms with Gasteiger partial charge in [-0.15, -0.1) is 0 Å². The van der Waals surface area contributed by atoms with Crippen LogP contribution in [0.1, 0.15) is 29.3 Å². The maximum atomic E-state index is 13.0. The molecule has 0 spiro atoms. The molecule has 3 rings (SSSR count). The first kappa shape index (κ1) is 18.1. The zero-order valence-electron chi connectivity index (χ0n) is 15.0. The third kappa shape index (κ3) is 4.48. The molecule has 1 aliphatic rings. The van der Waals surface area contributed by atoms with Crippen LogP contribution in [0.4, 0.5) is 10.1 Å². The molecule has 0 saturated carbocycles. The predicted octanol–water partition coefficient (Wildman–Crippen LogP) is 3.31. The largest absolute Gasteiger partial charge is 0.368 e. The Hall–Kier alpha value is -2.69. The first-order chi connectivity index (χ1) is 12.5. The van der Waals surface area contributed by atoms with E-state index in [2.05, 4.69) is 4.90 Å². The van der Waals surface area contributed by atoms with Gasteiger partial charge in [-0.1, -0.05) is 24.3 Å². The number of piperazine rings is 1. The Labute approximate surface area is 153 Å². The lowest BCUT2D eigenvalue weighted by molar-refractivity contribution is -0.131. The van der Waals surface area contributed by atoms with Gasteiger partial charge in [-0.05, 0) is 43.2 Å². The van der Waals surface area contributed by atoms with E-state index in [-0.39, 0.29) is 17.5 Å². The quantitative estimate of drug-likeness (QED) is 0.774. The maximum Gasteiger partial charge on any atom is 0.223 e. The fourth-order valence-corrected chi connectivity index (χ4v) is 3.18. The molecule has 0 atom stereocenters. The van der Waals surface area contributed by atoms with E-state index >= 15 is 0 Å². The summed E-state index contributed by atoms with van der Waals surface area (Å²) in [4.78, 5) is 27.8. The molecule has 0 aliphatic carbocycles. The second kappa shape index (κ2) is 8.13. The Bertz CT molecular complexity index is 764. The number of ketones is 1. The topological polar surface area (TPSA) is 40.6 Å². The van der Waals surface area contributed by atoms with Crippen LogP contribution in [0.25, 0.3) is 0 Å². The van der Waals surface area contributed by atoms with Gasteiger partial charge in [0.05, 0.1) is 0 Å². The molecule has 1 heterocycles. The lowest BCUT2D eigenvalue weighted by Gasteiger charge is -2.36. The molecule has 1 aliphatic heterocycles. The van der Waals surface area contributed by atoms with Crippen molar-refractivity contribution in [3.63, 3.8) is 0 Å². The minimum absolute atomic E-state index is 0.0478. The average Bonchev–Trinajstić information content (AvgIpc) is 2.67. The number of hydrogen-bond donors (Lipinski definition) is 0. The molecule has 5 heteroatoms. The van der Waals surface area contributed by atoms with Crippen molar-refractivity contribution in [1.82, 2.24) is 4.90 Å². The number of carbonyl (C=O) groups excluding carboxylic acids is 2. The summed E-state index contributed by atoms with van der Waals surface area (Å²) in [5, 5.41) is 0. The number of halogens is 1. The fraction of sp³-hybridized carbons (Fsp3) is 0.333. The van der Waals surface area contributed by atoms with E-state index in [0.29, 0.717) is 31.5 Å². The normalized spacial score (nSPS) is 14.4. The van der Waals surface area contributed by atoms with E-state index in [0.717, 1.165) is 24.3 Å². The SMILES string of the molecule is CC(=O)c1ccc(CCC(=O)N2CCN(c3ccc(F)cc3)CC2)cc1. The highest BCUT2D eigenvalue weighted by molar-refractivity contribution is 5.94. The second-order valence-corrected chi connectivity index (χ2v) is 6.60. The molecule has 1 fully saturated rings. The average molecular weight is 354 g/mol. The predicted molar refractivity (Wildman–Crippen MR) is 100.0 cm³/mol. The summed E-state index contributed by atoms with van der Waals surface area (Å²) in [6.45, 7) is 4.42. The van der Waals surface area contributed by atoms with Crippen LogP contribution in [-0.4, -0.2) is 42.8 Å². The van der Waals surface area contributed by atoms with Crippen molar-refractivity contribution >= 4 is 17.4 Å². The van der Waals surface area contributed by atoms with Crippen molar-refractivity contribution in [1.29, 1.82) is 0 Å².